The van der Waals surface area contributed by atoms with Crippen molar-refractivity contribution in [3.05, 3.63) is 188 Å². The van der Waals surface area contributed by atoms with E-state index in [1.807, 2.05) is 0 Å². The molecule has 2 nitrogen and oxygen atoms in total. The third-order valence-electron chi connectivity index (χ3n) is 11.5. The van der Waals surface area contributed by atoms with E-state index in [9.17, 15) is 0 Å². The van der Waals surface area contributed by atoms with Crippen molar-refractivity contribution >= 4 is 54.5 Å². The van der Waals surface area contributed by atoms with Crippen LogP contribution >= 0.6 is 0 Å². The van der Waals surface area contributed by atoms with Crippen LogP contribution in [-0.4, -0.2) is 4.57 Å². The van der Waals surface area contributed by atoms with Crippen molar-refractivity contribution in [1.82, 2.24) is 4.57 Å². The van der Waals surface area contributed by atoms with Crippen LogP contribution in [0.5, 0.6) is 0 Å². The van der Waals surface area contributed by atoms with Gasteiger partial charge in [-0.25, -0.2) is 0 Å². The van der Waals surface area contributed by atoms with Gasteiger partial charge >= 0.3 is 0 Å². The maximum absolute atomic E-state index is 6.57. The maximum Gasteiger partial charge on any atom is 0.136 e. The summed E-state index contributed by atoms with van der Waals surface area (Å²) in [5.41, 5.74) is 17.8. The van der Waals surface area contributed by atoms with E-state index in [-0.39, 0.29) is 0 Å². The number of benzene rings is 9. The van der Waals surface area contributed by atoms with Gasteiger partial charge in [0.2, 0.25) is 0 Å². The Morgan fingerprint density at radius 2 is 0.870 bits per heavy atom. The molecule has 2 heteroatoms. The Labute approximate surface area is 311 Å². The van der Waals surface area contributed by atoms with Gasteiger partial charge in [0.25, 0.3) is 0 Å². The first-order valence-corrected chi connectivity index (χ1v) is 18.6. The number of hydrogen-bond donors (Lipinski definition) is 0. The van der Waals surface area contributed by atoms with Gasteiger partial charge in [0.1, 0.15) is 11.2 Å². The Balaban J connectivity index is 0.969. The van der Waals surface area contributed by atoms with E-state index in [1.165, 1.54) is 93.6 Å². The van der Waals surface area contributed by atoms with Gasteiger partial charge in [-0.15, -0.1) is 0 Å². The zero-order valence-corrected chi connectivity index (χ0v) is 29.3. The molecule has 1 aliphatic carbocycles. The van der Waals surface area contributed by atoms with Crippen LogP contribution in [0.4, 0.5) is 0 Å². The fourth-order valence-corrected chi connectivity index (χ4v) is 9.06. The minimum Gasteiger partial charge on any atom is -0.456 e. The van der Waals surface area contributed by atoms with E-state index in [0.29, 0.717) is 0 Å². The van der Waals surface area contributed by atoms with Crippen LogP contribution < -0.4 is 0 Å². The van der Waals surface area contributed by atoms with Crippen LogP contribution in [0, 0.1) is 0 Å². The minimum atomic E-state index is 0.916. The Kier molecular flexibility index (Phi) is 6.09. The van der Waals surface area contributed by atoms with Crippen LogP contribution in [0.15, 0.2) is 192 Å². The van der Waals surface area contributed by atoms with Crippen LogP contribution in [0.2, 0.25) is 0 Å². The minimum absolute atomic E-state index is 0.916. The van der Waals surface area contributed by atoms with Gasteiger partial charge in [0.15, 0.2) is 0 Å². The van der Waals surface area contributed by atoms with Crippen LogP contribution in [-0.2, 0) is 0 Å². The molecule has 0 unspecified atom stereocenters. The van der Waals surface area contributed by atoms with Gasteiger partial charge in [-0.3, -0.25) is 0 Å². The predicted octanol–water partition coefficient (Wildman–Crippen LogP) is 14.5. The number of hydrogen-bond acceptors (Lipinski definition) is 1. The average Bonchev–Trinajstić information content (AvgIpc) is 3.89. The molecule has 0 atom stereocenters. The molecule has 0 bridgehead atoms. The van der Waals surface area contributed by atoms with Gasteiger partial charge in [0, 0.05) is 27.2 Å². The summed E-state index contributed by atoms with van der Waals surface area (Å²) >= 11 is 0. The predicted molar refractivity (Wildman–Crippen MR) is 226 cm³/mol. The smallest absolute Gasteiger partial charge is 0.136 e. The molecule has 9 aromatic carbocycles. The molecule has 11 aromatic rings. The molecule has 2 heterocycles. The molecule has 0 spiro atoms. The Bertz CT molecular complexity index is 3310. The second kappa shape index (κ2) is 11.2. The third-order valence-corrected chi connectivity index (χ3v) is 11.5. The summed E-state index contributed by atoms with van der Waals surface area (Å²) in [7, 11) is 0. The molecule has 250 valence electrons. The van der Waals surface area contributed by atoms with Gasteiger partial charge in [-0.1, -0.05) is 133 Å². The highest BCUT2D eigenvalue weighted by molar-refractivity contribution is 6.28. The molecule has 0 saturated heterocycles. The molecule has 0 amide bonds. The third kappa shape index (κ3) is 4.22. The molecular formula is C52H31NO. The number of aromatic nitrogens is 1. The highest BCUT2D eigenvalue weighted by Gasteiger charge is 2.24. The van der Waals surface area contributed by atoms with E-state index in [1.54, 1.807) is 0 Å². The van der Waals surface area contributed by atoms with Gasteiger partial charge in [-0.2, -0.15) is 0 Å². The first-order chi connectivity index (χ1) is 26.8. The van der Waals surface area contributed by atoms with Crippen molar-refractivity contribution in [2.24, 2.45) is 0 Å². The summed E-state index contributed by atoms with van der Waals surface area (Å²) in [5.74, 6) is 0. The van der Waals surface area contributed by atoms with Crippen molar-refractivity contribution in [2.45, 2.75) is 0 Å². The summed E-state index contributed by atoms with van der Waals surface area (Å²) in [5, 5.41) is 7.39. The molecule has 54 heavy (non-hydrogen) atoms. The van der Waals surface area contributed by atoms with E-state index in [0.717, 1.165) is 22.2 Å². The monoisotopic (exact) mass is 685 g/mol. The second-order valence-corrected chi connectivity index (χ2v) is 14.5. The number of nitrogens with zero attached hydrogens (tertiary/aromatic N) is 1. The SMILES string of the molecule is c1ccc(-c2cccc(-c3ccc(-n4c5ccccc5c5cc(-c6ccc7oc8cc9c%10c(cccc%10c8c7c6)-c6ccccc6-9)ccc54)cc3)c2)cc1. The lowest BCUT2D eigenvalue weighted by Crippen LogP contribution is -1.93. The molecule has 0 fully saturated rings. The standard InChI is InChI=1S/C52H31NO/c1-2-10-32(11-3-1)34-12-8-13-35(28-34)33-20-24-38(25-21-33)53-47-19-7-6-16-41(47)44-29-36(22-26-48(44)53)37-23-27-49-46(30-37)52-43-18-9-17-42-39-14-4-5-15-40(39)45(51(42)43)31-50(52)54-49/h1-31H. The summed E-state index contributed by atoms with van der Waals surface area (Å²) in [6, 6.07) is 68.4. The molecule has 1 aliphatic rings. The molecule has 0 radical (unpaired) electrons. The molecule has 0 N–H and O–H groups in total. The first-order valence-electron chi connectivity index (χ1n) is 18.6. The lowest BCUT2D eigenvalue weighted by Gasteiger charge is -2.11. The van der Waals surface area contributed by atoms with E-state index < -0.39 is 0 Å². The van der Waals surface area contributed by atoms with Gasteiger partial charge in [-0.05, 0) is 121 Å². The van der Waals surface area contributed by atoms with E-state index in [4.69, 9.17) is 4.42 Å². The Morgan fingerprint density at radius 1 is 0.296 bits per heavy atom. The molecule has 0 aliphatic heterocycles. The fourth-order valence-electron chi connectivity index (χ4n) is 9.06. The summed E-state index contributed by atoms with van der Waals surface area (Å²) in [6.07, 6.45) is 0. The van der Waals surface area contributed by atoms with E-state index >= 15 is 0 Å². The lowest BCUT2D eigenvalue weighted by atomic mass is 9.96. The maximum atomic E-state index is 6.57. The highest BCUT2D eigenvalue weighted by Crippen LogP contribution is 2.51. The zero-order valence-electron chi connectivity index (χ0n) is 29.3. The van der Waals surface area contributed by atoms with E-state index in [2.05, 4.69) is 193 Å². The van der Waals surface area contributed by atoms with Crippen molar-refractivity contribution in [3.8, 4) is 61.3 Å². The Hall–Kier alpha value is -7.16. The van der Waals surface area contributed by atoms with Crippen LogP contribution in [0.1, 0.15) is 0 Å². The number of para-hydroxylation sites is 1. The van der Waals surface area contributed by atoms with Gasteiger partial charge in [0.05, 0.1) is 11.0 Å². The topological polar surface area (TPSA) is 18.1 Å². The lowest BCUT2D eigenvalue weighted by molar-refractivity contribution is 0.669. The van der Waals surface area contributed by atoms with Crippen LogP contribution in [0.3, 0.4) is 0 Å². The Morgan fingerprint density at radius 3 is 1.70 bits per heavy atom. The van der Waals surface area contributed by atoms with Crippen molar-refractivity contribution in [1.29, 1.82) is 0 Å². The summed E-state index contributed by atoms with van der Waals surface area (Å²) in [4.78, 5) is 0. The van der Waals surface area contributed by atoms with Crippen molar-refractivity contribution in [2.75, 3.05) is 0 Å². The molecule has 2 aromatic heterocycles. The van der Waals surface area contributed by atoms with Crippen LogP contribution in [0.25, 0.3) is 116 Å². The largest absolute Gasteiger partial charge is 0.456 e. The molecule has 0 saturated carbocycles. The first kappa shape index (κ1) is 29.4. The molecule has 12 rings (SSSR count). The highest BCUT2D eigenvalue weighted by atomic mass is 16.3. The fraction of sp³-hybridized carbons (Fsp3) is 0. The quantitative estimate of drug-likeness (QED) is 0.180. The average molecular weight is 686 g/mol. The number of furan rings is 1. The second-order valence-electron chi connectivity index (χ2n) is 14.5. The normalized spacial score (nSPS) is 12.1. The molecular weight excluding hydrogens is 655 g/mol. The summed E-state index contributed by atoms with van der Waals surface area (Å²) in [6.45, 7) is 0. The summed E-state index contributed by atoms with van der Waals surface area (Å²) < 4.78 is 8.97. The number of rotatable bonds is 4. The van der Waals surface area contributed by atoms with Crippen molar-refractivity contribution < 1.29 is 4.42 Å². The van der Waals surface area contributed by atoms with Crippen molar-refractivity contribution in [3.63, 3.8) is 0 Å². The van der Waals surface area contributed by atoms with Gasteiger partial charge < -0.3 is 8.98 Å². The number of fused-ring (bicyclic) bond motifs is 10. The zero-order chi connectivity index (χ0) is 35.3.